The molecule has 10 heteroatoms. The van der Waals surface area contributed by atoms with Crippen LogP contribution in [0.25, 0.3) is 0 Å². The van der Waals surface area contributed by atoms with Gasteiger partial charge in [-0.15, -0.1) is 0 Å². The van der Waals surface area contributed by atoms with Crippen molar-refractivity contribution in [1.29, 1.82) is 0 Å². The number of halogens is 2. The lowest BCUT2D eigenvalue weighted by molar-refractivity contribution is 0.0470. The third-order valence-electron chi connectivity index (χ3n) is 5.85. The molecule has 2 unspecified atom stereocenters. The van der Waals surface area contributed by atoms with Gasteiger partial charge in [0.2, 0.25) is 6.23 Å². The van der Waals surface area contributed by atoms with Crippen molar-refractivity contribution >= 4 is 52.1 Å². The monoisotopic (exact) mass is 530 g/mol. The first-order chi connectivity index (χ1) is 16.5. The van der Waals surface area contributed by atoms with Crippen LogP contribution < -0.4 is 15.0 Å². The topological polar surface area (TPSA) is 67.6 Å². The molecule has 0 aliphatic carbocycles. The minimum Gasteiger partial charge on any atom is -0.466 e. The van der Waals surface area contributed by atoms with E-state index in [9.17, 15) is 0 Å². The van der Waals surface area contributed by atoms with Gasteiger partial charge in [-0.05, 0) is 80.0 Å². The molecule has 0 spiro atoms. The van der Waals surface area contributed by atoms with Gasteiger partial charge in [-0.2, -0.15) is 5.10 Å². The fourth-order valence-electron chi connectivity index (χ4n) is 3.98. The number of thiocarbonyl (C=S) groups is 1. The van der Waals surface area contributed by atoms with Crippen molar-refractivity contribution in [3.8, 4) is 5.75 Å². The number of amidine groups is 1. The lowest BCUT2D eigenvalue weighted by Gasteiger charge is -2.36. The van der Waals surface area contributed by atoms with Crippen LogP contribution in [0.2, 0.25) is 10.0 Å². The second-order valence-electron chi connectivity index (χ2n) is 9.93. The fraction of sp³-hybridized carbons (Fsp3) is 0.360. The summed E-state index contributed by atoms with van der Waals surface area (Å²) in [4.78, 5) is 11.4. The molecule has 1 saturated heterocycles. The maximum Gasteiger partial charge on any atom is 0.215 e. The van der Waals surface area contributed by atoms with Crippen molar-refractivity contribution in [2.24, 2.45) is 10.4 Å². The molecular weight excluding hydrogens is 503 g/mol. The molecule has 4 rings (SSSR count). The van der Waals surface area contributed by atoms with Crippen LogP contribution in [0, 0.1) is 5.41 Å². The molecule has 2 heterocycles. The van der Waals surface area contributed by atoms with E-state index in [1.807, 2.05) is 41.3 Å². The van der Waals surface area contributed by atoms with E-state index in [1.54, 1.807) is 23.1 Å². The summed E-state index contributed by atoms with van der Waals surface area (Å²) in [7, 11) is 0. The number of benzene rings is 2. The summed E-state index contributed by atoms with van der Waals surface area (Å²) in [5, 5.41) is 9.59. The van der Waals surface area contributed by atoms with Crippen molar-refractivity contribution in [1.82, 2.24) is 20.1 Å². The number of nitrogens with one attached hydrogen (secondary N) is 1. The van der Waals surface area contributed by atoms with Crippen LogP contribution in [0.3, 0.4) is 0 Å². The number of hydrogen-bond donors (Lipinski definition) is 1. The third-order valence-corrected chi connectivity index (χ3v) is 6.63. The second kappa shape index (κ2) is 9.76. The Labute approximate surface area is 221 Å². The van der Waals surface area contributed by atoms with Gasteiger partial charge in [0, 0.05) is 15.7 Å². The average Bonchev–Trinajstić information content (AvgIpc) is 3.38. The molecular formula is C25H28Cl2N6OS. The highest BCUT2D eigenvalue weighted by Crippen LogP contribution is 2.36. The molecule has 35 heavy (non-hydrogen) atoms. The van der Waals surface area contributed by atoms with Crippen LogP contribution in [-0.2, 0) is 0 Å². The normalized spacial score (nSPS) is 18.4. The minimum absolute atomic E-state index is 0.302. The number of nitrogens with zero attached hydrogens (tertiary/aromatic N) is 5. The summed E-state index contributed by atoms with van der Waals surface area (Å²) in [5.74, 6) is 1.39. The molecule has 1 N–H and O–H groups in total. The first kappa shape index (κ1) is 25.4. The molecule has 3 aromatic rings. The lowest BCUT2D eigenvalue weighted by atomic mass is 9.85. The van der Waals surface area contributed by atoms with Gasteiger partial charge >= 0.3 is 0 Å². The van der Waals surface area contributed by atoms with E-state index < -0.39 is 11.8 Å². The summed E-state index contributed by atoms with van der Waals surface area (Å²) in [6.45, 7) is 10.5. The molecule has 1 fully saturated rings. The molecule has 2 aromatic carbocycles. The van der Waals surface area contributed by atoms with Crippen LogP contribution in [0.4, 0.5) is 5.69 Å². The van der Waals surface area contributed by atoms with E-state index in [0.717, 1.165) is 11.5 Å². The number of aromatic nitrogens is 3. The minimum atomic E-state index is -0.568. The summed E-state index contributed by atoms with van der Waals surface area (Å²) >= 11 is 17.9. The van der Waals surface area contributed by atoms with Gasteiger partial charge in [0.25, 0.3) is 0 Å². The zero-order valence-corrected chi connectivity index (χ0v) is 22.6. The van der Waals surface area contributed by atoms with Gasteiger partial charge in [0.05, 0.1) is 5.54 Å². The van der Waals surface area contributed by atoms with Crippen LogP contribution >= 0.6 is 35.4 Å². The quantitative estimate of drug-likeness (QED) is 0.385. The molecule has 0 bridgehead atoms. The van der Waals surface area contributed by atoms with Gasteiger partial charge < -0.3 is 15.0 Å². The Bertz CT molecular complexity index is 1200. The number of aliphatic imine (C=N–C) groups is 1. The van der Waals surface area contributed by atoms with Crippen LogP contribution in [0.5, 0.6) is 5.75 Å². The van der Waals surface area contributed by atoms with Gasteiger partial charge in [0.15, 0.2) is 5.11 Å². The fourth-order valence-corrected chi connectivity index (χ4v) is 4.66. The van der Waals surface area contributed by atoms with Crippen LogP contribution in [-0.4, -0.2) is 37.3 Å². The van der Waals surface area contributed by atoms with Crippen molar-refractivity contribution in [2.45, 2.75) is 52.4 Å². The second-order valence-corrected chi connectivity index (χ2v) is 11.2. The highest BCUT2D eigenvalue weighted by molar-refractivity contribution is 7.80. The zero-order chi connectivity index (χ0) is 25.4. The van der Waals surface area contributed by atoms with Crippen LogP contribution in [0.15, 0.2) is 66.2 Å². The molecule has 0 radical (unpaired) electrons. The Kier molecular flexibility index (Phi) is 7.09. The van der Waals surface area contributed by atoms with Crippen molar-refractivity contribution in [2.75, 3.05) is 4.90 Å². The average molecular weight is 532 g/mol. The molecule has 1 aromatic heterocycles. The zero-order valence-electron chi connectivity index (χ0n) is 20.2. The Balaban J connectivity index is 1.75. The van der Waals surface area contributed by atoms with Gasteiger partial charge in [0.1, 0.15) is 30.3 Å². The standard InChI is InChI=1S/C25H28Cl2N6OS/c1-24(2,3)20(21(32-15-28-14-29-32)34-19-12-8-17(27)9-13-19)30-22-25(4,5)33(23(35)31-22)18-10-6-16(26)7-11-18/h6-15,20-21H,1-5H3,(H,30,31,35). The first-order valence-electron chi connectivity index (χ1n) is 11.2. The van der Waals surface area contributed by atoms with E-state index in [1.165, 1.54) is 6.33 Å². The first-order valence-corrected chi connectivity index (χ1v) is 12.3. The summed E-state index contributed by atoms with van der Waals surface area (Å²) in [6, 6.07) is 14.5. The van der Waals surface area contributed by atoms with E-state index in [4.69, 9.17) is 45.1 Å². The summed E-state index contributed by atoms with van der Waals surface area (Å²) < 4.78 is 8.12. The Morgan fingerprint density at radius 3 is 2.17 bits per heavy atom. The van der Waals surface area contributed by atoms with E-state index >= 15 is 0 Å². The van der Waals surface area contributed by atoms with Gasteiger partial charge in [-0.25, -0.2) is 9.67 Å². The molecule has 7 nitrogen and oxygen atoms in total. The molecule has 1 aliphatic rings. The van der Waals surface area contributed by atoms with E-state index in [2.05, 4.69) is 50.0 Å². The summed E-state index contributed by atoms with van der Waals surface area (Å²) in [6.07, 6.45) is 2.55. The van der Waals surface area contributed by atoms with Crippen molar-refractivity contribution in [3.05, 3.63) is 71.2 Å². The predicted octanol–water partition coefficient (Wildman–Crippen LogP) is 6.15. The highest BCUT2D eigenvalue weighted by atomic mass is 35.5. The lowest BCUT2D eigenvalue weighted by Crippen LogP contribution is -2.46. The maximum atomic E-state index is 6.44. The van der Waals surface area contributed by atoms with Gasteiger partial charge in [-0.1, -0.05) is 44.0 Å². The van der Waals surface area contributed by atoms with E-state index in [-0.39, 0.29) is 11.5 Å². The van der Waals surface area contributed by atoms with Crippen molar-refractivity contribution < 1.29 is 4.74 Å². The number of rotatable bonds is 6. The van der Waals surface area contributed by atoms with E-state index in [0.29, 0.717) is 20.9 Å². The smallest absolute Gasteiger partial charge is 0.215 e. The molecule has 1 aliphatic heterocycles. The Hall–Kier alpha value is -2.68. The Morgan fingerprint density at radius 1 is 1.03 bits per heavy atom. The number of hydrogen-bond acceptors (Lipinski definition) is 5. The molecule has 0 amide bonds. The number of anilines is 1. The van der Waals surface area contributed by atoms with Crippen LogP contribution in [0.1, 0.15) is 40.8 Å². The molecule has 2 atom stereocenters. The molecule has 0 saturated carbocycles. The SMILES string of the molecule is CC(C)(C)C(N=C1NC(=S)N(c2ccc(Cl)cc2)C1(C)C)C(Oc1ccc(Cl)cc1)n1cncn1. The molecule has 184 valence electrons. The largest absolute Gasteiger partial charge is 0.466 e. The number of ether oxygens (including phenoxy) is 1. The predicted molar refractivity (Wildman–Crippen MR) is 146 cm³/mol. The maximum absolute atomic E-state index is 6.44. The van der Waals surface area contributed by atoms with Crippen molar-refractivity contribution in [3.63, 3.8) is 0 Å². The summed E-state index contributed by atoms with van der Waals surface area (Å²) in [5.41, 5.74) is 0.0877. The highest BCUT2D eigenvalue weighted by Gasteiger charge is 2.45. The van der Waals surface area contributed by atoms with Gasteiger partial charge in [-0.3, -0.25) is 4.99 Å². The Morgan fingerprint density at radius 2 is 1.63 bits per heavy atom. The third kappa shape index (κ3) is 5.44.